The summed E-state index contributed by atoms with van der Waals surface area (Å²) in [6, 6.07) is 10.1. The number of nitrogens with zero attached hydrogens (tertiary/aromatic N) is 1. The van der Waals surface area contributed by atoms with Gasteiger partial charge in [-0.05, 0) is 12.1 Å². The second-order valence-corrected chi connectivity index (χ2v) is 4.53. The lowest BCUT2D eigenvalue weighted by Crippen LogP contribution is -2.15. The fourth-order valence-corrected chi connectivity index (χ4v) is 2.27. The maximum Gasteiger partial charge on any atom is 0.337 e. The molecule has 0 bridgehead atoms. The van der Waals surface area contributed by atoms with Gasteiger partial charge in [0.05, 0.1) is 11.3 Å². The van der Waals surface area contributed by atoms with E-state index in [0.29, 0.717) is 22.8 Å². The van der Waals surface area contributed by atoms with Gasteiger partial charge in [-0.2, -0.15) is 0 Å². The molecule has 0 spiro atoms. The van der Waals surface area contributed by atoms with Crippen molar-refractivity contribution < 1.29 is 24.3 Å². The number of hydrogen-bond donors (Lipinski definition) is 3. The van der Waals surface area contributed by atoms with E-state index in [9.17, 15) is 14.7 Å². The molecule has 1 aromatic heterocycles. The molecule has 1 amide bonds. The van der Waals surface area contributed by atoms with Crippen LogP contribution in [0, 0.1) is 0 Å². The van der Waals surface area contributed by atoms with Gasteiger partial charge in [0.15, 0.2) is 0 Å². The van der Waals surface area contributed by atoms with Gasteiger partial charge >= 0.3 is 5.97 Å². The highest BCUT2D eigenvalue weighted by Crippen LogP contribution is 2.32. The van der Waals surface area contributed by atoms with E-state index in [0.717, 1.165) is 5.39 Å². The highest BCUT2D eigenvalue weighted by molar-refractivity contribution is 6.32. The molecule has 0 atom stereocenters. The number of carbonyl (C=O) groups is 2. The van der Waals surface area contributed by atoms with Crippen LogP contribution in [0.1, 0.15) is 10.4 Å². The van der Waals surface area contributed by atoms with E-state index in [4.69, 9.17) is 9.62 Å². The number of carboxylic acids is 1. The summed E-state index contributed by atoms with van der Waals surface area (Å²) in [4.78, 5) is 22.8. The second-order valence-electron chi connectivity index (χ2n) is 4.53. The molecule has 1 heterocycles. The number of nitrogens with one attached hydrogen (secondary N) is 1. The number of furan rings is 1. The zero-order valence-corrected chi connectivity index (χ0v) is 11.1. The Morgan fingerprint density at radius 2 is 1.91 bits per heavy atom. The van der Waals surface area contributed by atoms with Crippen LogP contribution in [0.3, 0.4) is 0 Å². The van der Waals surface area contributed by atoms with E-state index >= 15 is 0 Å². The summed E-state index contributed by atoms with van der Waals surface area (Å²) in [5.74, 6) is -1.94. The third-order valence-electron chi connectivity index (χ3n) is 3.18. The molecule has 0 saturated carbocycles. The number of carboxylic acid groups (broad SMARTS) is 1. The third kappa shape index (κ3) is 2.24. The average Bonchev–Trinajstić information content (AvgIpc) is 2.83. The van der Waals surface area contributed by atoms with Gasteiger partial charge in [0.25, 0.3) is 5.91 Å². The molecule has 0 aliphatic rings. The van der Waals surface area contributed by atoms with E-state index in [2.05, 4.69) is 10.5 Å². The van der Waals surface area contributed by atoms with Crippen molar-refractivity contribution in [3.63, 3.8) is 0 Å². The van der Waals surface area contributed by atoms with Crippen molar-refractivity contribution in [3.8, 4) is 0 Å². The first-order valence-corrected chi connectivity index (χ1v) is 6.27. The molecule has 22 heavy (non-hydrogen) atoms. The molecule has 2 aromatic carbocycles. The van der Waals surface area contributed by atoms with Gasteiger partial charge in [-0.3, -0.25) is 4.79 Å². The third-order valence-corrected chi connectivity index (χ3v) is 3.18. The van der Waals surface area contributed by atoms with Crippen molar-refractivity contribution in [2.75, 3.05) is 5.32 Å². The summed E-state index contributed by atoms with van der Waals surface area (Å²) in [6.07, 6.45) is 0.633. The number of carbonyl (C=O) groups excluding carboxylic acids is 1. The zero-order chi connectivity index (χ0) is 15.7. The highest BCUT2D eigenvalue weighted by atomic mass is 16.4. The van der Waals surface area contributed by atoms with Crippen molar-refractivity contribution in [1.82, 2.24) is 0 Å². The summed E-state index contributed by atoms with van der Waals surface area (Å²) in [7, 11) is 0. The Morgan fingerprint density at radius 1 is 1.14 bits per heavy atom. The first kappa shape index (κ1) is 13.6. The minimum atomic E-state index is -1.19. The Bertz CT molecular complexity index is 926. The molecule has 0 unspecified atom stereocenters. The minimum Gasteiger partial charge on any atom is -0.478 e. The van der Waals surface area contributed by atoms with Crippen molar-refractivity contribution in [3.05, 3.63) is 42.0 Å². The summed E-state index contributed by atoms with van der Waals surface area (Å²) in [5, 5.41) is 24.0. The number of hydrogen-bond acceptors (Lipinski definition) is 5. The lowest BCUT2D eigenvalue weighted by Gasteiger charge is -2.06. The van der Waals surface area contributed by atoms with E-state index < -0.39 is 11.9 Å². The summed E-state index contributed by atoms with van der Waals surface area (Å²) >= 11 is 0. The summed E-state index contributed by atoms with van der Waals surface area (Å²) in [5.41, 5.74) is 1.04. The smallest absolute Gasteiger partial charge is 0.337 e. The number of aromatic carboxylic acids is 1. The topological polar surface area (TPSA) is 112 Å². The van der Waals surface area contributed by atoms with Crippen LogP contribution in [0.15, 0.2) is 46.0 Å². The summed E-state index contributed by atoms with van der Waals surface area (Å²) in [6.45, 7) is 0. The molecule has 3 aromatic rings. The number of para-hydroxylation sites is 1. The molecule has 110 valence electrons. The Morgan fingerprint density at radius 3 is 2.64 bits per heavy atom. The number of rotatable bonds is 3. The predicted octanol–water partition coefficient (Wildman–Crippen LogP) is 2.68. The number of anilines is 1. The Hall–Kier alpha value is -3.35. The zero-order valence-electron chi connectivity index (χ0n) is 11.1. The molecule has 3 rings (SSSR count). The fraction of sp³-hybridized carbons (Fsp3) is 0. The van der Waals surface area contributed by atoms with Gasteiger partial charge in [0.2, 0.25) is 0 Å². The van der Waals surface area contributed by atoms with Crippen molar-refractivity contribution >= 4 is 45.7 Å². The van der Waals surface area contributed by atoms with E-state index in [1.807, 2.05) is 18.2 Å². The standard InChI is InChI=1S/C15H10N2O5/c18-14(7-16-21)17-11-6-13-9(5-10(11)15(19)20)8-3-1-2-4-12(8)22-13/h1-7,21H,(H,17,18)(H,19,20)/b16-7+. The van der Waals surface area contributed by atoms with E-state index in [-0.39, 0.29) is 11.3 Å². The molecule has 7 nitrogen and oxygen atoms in total. The molecule has 3 N–H and O–H groups in total. The minimum absolute atomic E-state index is 0.0592. The van der Waals surface area contributed by atoms with Crippen LogP contribution in [0.2, 0.25) is 0 Å². The molecule has 0 radical (unpaired) electrons. The van der Waals surface area contributed by atoms with Crippen LogP contribution in [-0.2, 0) is 4.79 Å². The predicted molar refractivity (Wildman–Crippen MR) is 79.6 cm³/mol. The fourth-order valence-electron chi connectivity index (χ4n) is 2.27. The van der Waals surface area contributed by atoms with Gasteiger partial charge < -0.3 is 20.0 Å². The van der Waals surface area contributed by atoms with Crippen molar-refractivity contribution in [2.45, 2.75) is 0 Å². The van der Waals surface area contributed by atoms with Gasteiger partial charge in [0.1, 0.15) is 17.4 Å². The van der Waals surface area contributed by atoms with Crippen LogP contribution in [0.4, 0.5) is 5.69 Å². The van der Waals surface area contributed by atoms with Gasteiger partial charge in [0, 0.05) is 16.8 Å². The number of benzene rings is 2. The van der Waals surface area contributed by atoms with Gasteiger partial charge in [-0.25, -0.2) is 4.79 Å². The monoisotopic (exact) mass is 298 g/mol. The van der Waals surface area contributed by atoms with Crippen LogP contribution in [0.5, 0.6) is 0 Å². The lowest BCUT2D eigenvalue weighted by atomic mass is 10.1. The second kappa shape index (κ2) is 5.21. The molecule has 0 aliphatic heterocycles. The van der Waals surface area contributed by atoms with E-state index in [1.165, 1.54) is 12.1 Å². The van der Waals surface area contributed by atoms with Crippen LogP contribution in [0.25, 0.3) is 21.9 Å². The Kier molecular flexibility index (Phi) is 3.23. The SMILES string of the molecule is O=C(/C=N/O)Nc1cc2oc3ccccc3c2cc1C(=O)O. The molecule has 0 aliphatic carbocycles. The normalized spacial score (nSPS) is 11.3. The molecule has 0 fully saturated rings. The molecule has 7 heteroatoms. The first-order chi connectivity index (χ1) is 10.6. The number of fused-ring (bicyclic) bond motifs is 3. The molecule has 0 saturated heterocycles. The van der Waals surface area contributed by atoms with Crippen LogP contribution >= 0.6 is 0 Å². The first-order valence-electron chi connectivity index (χ1n) is 6.27. The quantitative estimate of drug-likeness (QED) is 0.391. The largest absolute Gasteiger partial charge is 0.478 e. The van der Waals surface area contributed by atoms with Crippen LogP contribution < -0.4 is 5.32 Å². The number of oxime groups is 1. The van der Waals surface area contributed by atoms with Gasteiger partial charge in [-0.1, -0.05) is 23.4 Å². The van der Waals surface area contributed by atoms with E-state index in [1.54, 1.807) is 6.07 Å². The molecular weight excluding hydrogens is 288 g/mol. The lowest BCUT2D eigenvalue weighted by molar-refractivity contribution is -0.110. The van der Waals surface area contributed by atoms with Crippen molar-refractivity contribution in [1.29, 1.82) is 0 Å². The Labute approximate surface area is 123 Å². The van der Waals surface area contributed by atoms with Crippen LogP contribution in [-0.4, -0.2) is 28.4 Å². The number of amides is 1. The Balaban J connectivity index is 2.22. The maximum absolute atomic E-state index is 11.5. The average molecular weight is 298 g/mol. The van der Waals surface area contributed by atoms with Crippen molar-refractivity contribution in [2.24, 2.45) is 5.16 Å². The maximum atomic E-state index is 11.5. The summed E-state index contributed by atoms with van der Waals surface area (Å²) < 4.78 is 5.64. The molecular formula is C15H10N2O5. The highest BCUT2D eigenvalue weighted by Gasteiger charge is 2.17. The van der Waals surface area contributed by atoms with Gasteiger partial charge in [-0.15, -0.1) is 0 Å².